The fourth-order valence-electron chi connectivity index (χ4n) is 5.66. The number of benzene rings is 3. The van der Waals surface area contributed by atoms with E-state index in [0.717, 1.165) is 12.8 Å². The summed E-state index contributed by atoms with van der Waals surface area (Å²) < 4.78 is 66.9. The minimum absolute atomic E-state index is 0.0279. The molecule has 3 aromatic rings. The third kappa shape index (κ3) is 9.35. The van der Waals surface area contributed by atoms with Crippen LogP contribution in [0.4, 0.5) is 18.9 Å². The van der Waals surface area contributed by atoms with Crippen molar-refractivity contribution in [2.24, 2.45) is 11.3 Å². The van der Waals surface area contributed by atoms with Gasteiger partial charge in [0.05, 0.1) is 27.7 Å². The molecule has 1 saturated heterocycles. The summed E-state index contributed by atoms with van der Waals surface area (Å²) in [5, 5.41) is 2.75. The summed E-state index contributed by atoms with van der Waals surface area (Å²) in [6.07, 6.45) is -2.21. The second-order valence-electron chi connectivity index (χ2n) is 13.1. The van der Waals surface area contributed by atoms with Crippen molar-refractivity contribution in [2.45, 2.75) is 70.9 Å². The van der Waals surface area contributed by atoms with E-state index in [2.05, 4.69) is 5.32 Å². The van der Waals surface area contributed by atoms with Crippen LogP contribution in [0.1, 0.15) is 63.6 Å². The van der Waals surface area contributed by atoms with Crippen molar-refractivity contribution in [2.75, 3.05) is 24.2 Å². The number of anilines is 1. The predicted molar refractivity (Wildman–Crippen MR) is 175 cm³/mol. The maximum atomic E-state index is 14.3. The van der Waals surface area contributed by atoms with Crippen molar-refractivity contribution < 1.29 is 31.2 Å². The molecule has 248 valence electrons. The summed E-state index contributed by atoms with van der Waals surface area (Å²) >= 11 is 6.47. The summed E-state index contributed by atoms with van der Waals surface area (Å²) in [5.74, 6) is -0.118. The molecular formula is C35H40ClF3N2O4S. The quantitative estimate of drug-likeness (QED) is 0.248. The van der Waals surface area contributed by atoms with E-state index in [4.69, 9.17) is 11.6 Å². The van der Waals surface area contributed by atoms with E-state index < -0.39 is 21.6 Å². The normalized spacial score (nSPS) is 14.7. The van der Waals surface area contributed by atoms with Crippen LogP contribution >= 0.6 is 11.6 Å². The van der Waals surface area contributed by atoms with Crippen LogP contribution in [0.3, 0.4) is 0 Å². The van der Waals surface area contributed by atoms with E-state index in [1.165, 1.54) is 42.5 Å². The standard InChI is InChI=1S/C35H40ClF3N2O4S/c1-5-46(44,45)27-10-6-23(7-11-27)20-32(42)40-26-9-13-29(31(36)21-26)28-12-8-25(19-30(28)35(37,38)39)18-24-14-16-41(17-15-24)33(43)22-34(2,3)4/h6-13,19,21,24H,5,14-18,20,22H2,1-4H3,(H,40,42). The number of carbonyl (C=O) groups is 2. The number of alkyl halides is 3. The van der Waals surface area contributed by atoms with Gasteiger partial charge in [-0.15, -0.1) is 0 Å². The van der Waals surface area contributed by atoms with Gasteiger partial charge < -0.3 is 10.2 Å². The first kappa shape index (κ1) is 35.5. The molecule has 0 bridgehead atoms. The Morgan fingerprint density at radius 1 is 0.913 bits per heavy atom. The Bertz CT molecular complexity index is 1680. The third-order valence-electron chi connectivity index (χ3n) is 8.13. The highest BCUT2D eigenvalue weighted by Crippen LogP contribution is 2.41. The van der Waals surface area contributed by atoms with Gasteiger partial charge in [-0.1, -0.05) is 69.6 Å². The Labute approximate surface area is 274 Å². The molecule has 0 radical (unpaired) electrons. The van der Waals surface area contributed by atoms with E-state index in [1.54, 1.807) is 25.1 Å². The van der Waals surface area contributed by atoms with Gasteiger partial charge in [0.15, 0.2) is 9.84 Å². The molecule has 0 atom stereocenters. The molecule has 1 heterocycles. The van der Waals surface area contributed by atoms with Gasteiger partial charge in [0, 0.05) is 30.8 Å². The van der Waals surface area contributed by atoms with Crippen molar-refractivity contribution in [3.05, 3.63) is 82.4 Å². The molecule has 0 spiro atoms. The number of nitrogens with one attached hydrogen (secondary N) is 1. The Hall–Kier alpha value is -3.37. The van der Waals surface area contributed by atoms with Crippen LogP contribution < -0.4 is 5.32 Å². The summed E-state index contributed by atoms with van der Waals surface area (Å²) in [7, 11) is -3.35. The highest BCUT2D eigenvalue weighted by atomic mass is 35.5. The number of piperidine rings is 1. The van der Waals surface area contributed by atoms with Crippen LogP contribution in [0.15, 0.2) is 65.6 Å². The second kappa shape index (κ2) is 14.2. The average molecular weight is 677 g/mol. The molecule has 11 heteroatoms. The second-order valence-corrected chi connectivity index (χ2v) is 15.8. The number of hydrogen-bond acceptors (Lipinski definition) is 4. The number of halogens is 4. The topological polar surface area (TPSA) is 83.6 Å². The molecule has 2 amide bonds. The minimum atomic E-state index is -4.61. The predicted octanol–water partition coefficient (Wildman–Crippen LogP) is 8.22. The summed E-state index contributed by atoms with van der Waals surface area (Å²) in [6.45, 7) is 8.84. The first-order valence-electron chi connectivity index (χ1n) is 15.3. The first-order valence-corrected chi connectivity index (χ1v) is 17.4. The monoisotopic (exact) mass is 676 g/mol. The number of likely N-dealkylation sites (tertiary alicyclic amines) is 1. The maximum absolute atomic E-state index is 14.3. The lowest BCUT2D eigenvalue weighted by Crippen LogP contribution is -2.40. The van der Waals surface area contributed by atoms with Crippen LogP contribution in [-0.4, -0.2) is 44.0 Å². The number of rotatable bonds is 9. The zero-order valence-corrected chi connectivity index (χ0v) is 28.1. The van der Waals surface area contributed by atoms with Gasteiger partial charge in [0.25, 0.3) is 0 Å². The number of hydrogen-bond donors (Lipinski definition) is 1. The van der Waals surface area contributed by atoms with Gasteiger partial charge in [-0.25, -0.2) is 8.42 Å². The van der Waals surface area contributed by atoms with Crippen LogP contribution in [0.25, 0.3) is 11.1 Å². The molecule has 0 unspecified atom stereocenters. The molecule has 1 aliphatic heterocycles. The lowest BCUT2D eigenvalue weighted by Gasteiger charge is -2.34. The van der Waals surface area contributed by atoms with Gasteiger partial charge in [0.2, 0.25) is 11.8 Å². The molecule has 1 N–H and O–H groups in total. The number of amides is 2. The molecule has 3 aromatic carbocycles. The van der Waals surface area contributed by atoms with Crippen molar-refractivity contribution in [3.8, 4) is 11.1 Å². The van der Waals surface area contributed by atoms with Crippen LogP contribution in [0.2, 0.25) is 5.02 Å². The Morgan fingerprint density at radius 3 is 2.09 bits per heavy atom. The minimum Gasteiger partial charge on any atom is -0.343 e. The molecule has 0 saturated carbocycles. The smallest absolute Gasteiger partial charge is 0.343 e. The molecule has 1 fully saturated rings. The Morgan fingerprint density at radius 2 is 1.52 bits per heavy atom. The van der Waals surface area contributed by atoms with E-state index >= 15 is 0 Å². The largest absolute Gasteiger partial charge is 0.417 e. The number of carbonyl (C=O) groups excluding carboxylic acids is 2. The molecule has 0 aromatic heterocycles. The lowest BCUT2D eigenvalue weighted by atomic mass is 9.87. The Kier molecular flexibility index (Phi) is 10.9. The van der Waals surface area contributed by atoms with E-state index in [1.807, 2.05) is 25.7 Å². The molecule has 0 aliphatic carbocycles. The SMILES string of the molecule is CCS(=O)(=O)c1ccc(CC(=O)Nc2ccc(-c3ccc(CC4CCN(C(=O)CC(C)(C)C)CC4)cc3C(F)(F)F)c(Cl)c2)cc1. The van der Waals surface area contributed by atoms with Crippen LogP contribution in [0, 0.1) is 11.3 Å². The van der Waals surface area contributed by atoms with Gasteiger partial charge in [-0.2, -0.15) is 13.2 Å². The highest BCUT2D eigenvalue weighted by Gasteiger charge is 2.35. The van der Waals surface area contributed by atoms with Gasteiger partial charge in [-0.05, 0) is 77.6 Å². The van der Waals surface area contributed by atoms with Gasteiger partial charge in [-0.3, -0.25) is 9.59 Å². The summed E-state index contributed by atoms with van der Waals surface area (Å²) in [4.78, 5) is 27.3. The van der Waals surface area contributed by atoms with Gasteiger partial charge >= 0.3 is 6.18 Å². The van der Waals surface area contributed by atoms with Crippen molar-refractivity contribution >= 4 is 38.9 Å². The summed E-state index contributed by atoms with van der Waals surface area (Å²) in [5.41, 5.74) is 0.760. The highest BCUT2D eigenvalue weighted by molar-refractivity contribution is 7.91. The van der Waals surface area contributed by atoms with Crippen LogP contribution in [0.5, 0.6) is 0 Å². The average Bonchev–Trinajstić information content (AvgIpc) is 2.97. The van der Waals surface area contributed by atoms with Crippen molar-refractivity contribution in [1.29, 1.82) is 0 Å². The lowest BCUT2D eigenvalue weighted by molar-refractivity contribution is -0.137. The number of nitrogens with zero attached hydrogens (tertiary/aromatic N) is 1. The molecule has 1 aliphatic rings. The fourth-order valence-corrected chi connectivity index (χ4v) is 6.82. The first-order chi connectivity index (χ1) is 21.4. The molecule has 4 rings (SSSR count). The number of sulfone groups is 1. The van der Waals surface area contributed by atoms with Crippen molar-refractivity contribution in [3.63, 3.8) is 0 Å². The Balaban J connectivity index is 1.43. The van der Waals surface area contributed by atoms with E-state index in [-0.39, 0.29) is 56.4 Å². The van der Waals surface area contributed by atoms with E-state index in [0.29, 0.717) is 42.7 Å². The van der Waals surface area contributed by atoms with E-state index in [9.17, 15) is 31.2 Å². The summed E-state index contributed by atoms with van der Waals surface area (Å²) in [6, 6.07) is 14.7. The third-order valence-corrected chi connectivity index (χ3v) is 10.2. The molecule has 6 nitrogen and oxygen atoms in total. The molecule has 46 heavy (non-hydrogen) atoms. The molecular weight excluding hydrogens is 637 g/mol. The zero-order chi connectivity index (χ0) is 33.9. The van der Waals surface area contributed by atoms with Crippen molar-refractivity contribution in [1.82, 2.24) is 4.90 Å². The van der Waals surface area contributed by atoms with Crippen LogP contribution in [-0.2, 0) is 38.4 Å². The zero-order valence-electron chi connectivity index (χ0n) is 26.5. The maximum Gasteiger partial charge on any atom is 0.417 e. The fraction of sp³-hybridized carbons (Fsp3) is 0.429. The van der Waals surface area contributed by atoms with Gasteiger partial charge in [0.1, 0.15) is 0 Å².